The largest absolute Gasteiger partial charge is 1.00 e. The summed E-state index contributed by atoms with van der Waals surface area (Å²) in [5.74, 6) is 0. The molecule has 8 heteroatoms. The fourth-order valence-corrected chi connectivity index (χ4v) is 2.13. The van der Waals surface area contributed by atoms with Crippen molar-refractivity contribution in [2.24, 2.45) is 0 Å². The molecular weight excluding hydrogens is 387 g/mol. The van der Waals surface area contributed by atoms with E-state index < -0.39 is 15.0 Å². The van der Waals surface area contributed by atoms with Gasteiger partial charge in [0.2, 0.25) is 5.39 Å². The van der Waals surface area contributed by atoms with Gasteiger partial charge in [-0.3, -0.25) is 4.55 Å². The maximum atomic E-state index is 10.7. The first-order valence-electron chi connectivity index (χ1n) is 3.07. The molecule has 0 aliphatic heterocycles. The molecule has 0 aliphatic carbocycles. The van der Waals surface area contributed by atoms with Crippen LogP contribution < -0.4 is 17.0 Å². The fraction of sp³-hybridized carbons (Fsp3) is 0. The molecule has 0 aromatic heterocycles. The molecule has 0 saturated heterocycles. The molecule has 1 aromatic carbocycles. The van der Waals surface area contributed by atoms with Gasteiger partial charge in [-0.15, -0.1) is 0 Å². The lowest BCUT2D eigenvalue weighted by atomic mass is 10.3. The van der Waals surface area contributed by atoms with E-state index in [4.69, 9.17) is 9.95 Å². The van der Waals surface area contributed by atoms with Gasteiger partial charge in [-0.2, -0.15) is 8.42 Å². The Morgan fingerprint density at radius 1 is 1.43 bits per heavy atom. The molecule has 0 aliphatic rings. The summed E-state index contributed by atoms with van der Waals surface area (Å²) in [4.78, 5) is 2.33. The molecule has 76 valence electrons. The van der Waals surface area contributed by atoms with Gasteiger partial charge in [-0.25, -0.2) is 0 Å². The normalized spacial score (nSPS) is 10.1. The van der Waals surface area contributed by atoms with E-state index in [2.05, 4.69) is 4.98 Å². The van der Waals surface area contributed by atoms with E-state index in [-0.39, 0.29) is 22.7 Å². The summed E-state index contributed by atoms with van der Waals surface area (Å²) in [6, 6.07) is 4.07. The number of hydrogen-bond donors (Lipinski definition) is 1. The van der Waals surface area contributed by atoms with Gasteiger partial charge >= 0.3 is 15.8 Å². The summed E-state index contributed by atoms with van der Waals surface area (Å²) in [7, 11) is -4.33. The topological polar surface area (TPSA) is 82.5 Å². The summed E-state index contributed by atoms with van der Waals surface area (Å²) in [6.07, 6.45) is 0. The number of diazo groups is 1. The molecular formula is C6H4BrIN2O3S. The highest BCUT2D eigenvalue weighted by Gasteiger charge is 2.24. The predicted molar refractivity (Wildman–Crippen MR) is 53.7 cm³/mol. The van der Waals surface area contributed by atoms with Crippen LogP contribution in [0, 0.1) is 8.96 Å². The van der Waals surface area contributed by atoms with Crippen molar-refractivity contribution in [1.82, 2.24) is 0 Å². The quantitative estimate of drug-likeness (QED) is 0.380. The molecule has 0 spiro atoms. The lowest BCUT2D eigenvalue weighted by Gasteiger charge is -1.93. The average molecular weight is 391 g/mol. The van der Waals surface area contributed by atoms with Gasteiger partial charge in [-0.05, 0) is 34.7 Å². The van der Waals surface area contributed by atoms with Crippen LogP contribution in [0.2, 0.25) is 0 Å². The molecule has 0 amide bonds. The second-order valence-corrected chi connectivity index (χ2v) is 4.82. The van der Waals surface area contributed by atoms with Gasteiger partial charge in [0.15, 0.2) is 9.87 Å². The van der Waals surface area contributed by atoms with Crippen LogP contribution in [0.5, 0.6) is 0 Å². The van der Waals surface area contributed by atoms with Crippen LogP contribution in [0.15, 0.2) is 23.1 Å². The van der Waals surface area contributed by atoms with Crippen molar-refractivity contribution in [3.63, 3.8) is 0 Å². The van der Waals surface area contributed by atoms with Crippen LogP contribution in [0.25, 0.3) is 4.98 Å². The van der Waals surface area contributed by atoms with E-state index in [9.17, 15) is 8.42 Å². The van der Waals surface area contributed by atoms with Crippen molar-refractivity contribution in [3.05, 3.63) is 26.7 Å². The Morgan fingerprint density at radius 3 is 2.43 bits per heavy atom. The fourth-order valence-electron chi connectivity index (χ4n) is 0.777. The summed E-state index contributed by atoms with van der Waals surface area (Å²) in [6.45, 7) is 0. The number of hydrogen-bond acceptors (Lipinski definition) is 3. The van der Waals surface area contributed by atoms with Crippen LogP contribution in [-0.2, 0) is 10.1 Å². The molecule has 0 fully saturated rings. The highest BCUT2D eigenvalue weighted by molar-refractivity contribution is 14.1. The van der Waals surface area contributed by atoms with Crippen molar-refractivity contribution < 1.29 is 30.0 Å². The van der Waals surface area contributed by atoms with Crippen molar-refractivity contribution in [2.45, 2.75) is 4.90 Å². The molecule has 0 unspecified atom stereocenters. The maximum absolute atomic E-state index is 10.7. The first-order chi connectivity index (χ1) is 5.95. The summed E-state index contributed by atoms with van der Waals surface area (Å²) in [5.41, 5.74) is -0.178. The molecule has 1 aromatic rings. The molecule has 0 radical (unpaired) electrons. The zero-order valence-corrected chi connectivity index (χ0v) is 11.1. The van der Waals surface area contributed by atoms with E-state index in [1.807, 2.05) is 22.6 Å². The summed E-state index contributed by atoms with van der Waals surface area (Å²) >= 11 is 1.88. The van der Waals surface area contributed by atoms with Gasteiger partial charge in [-0.1, -0.05) is 0 Å². The van der Waals surface area contributed by atoms with E-state index in [1.165, 1.54) is 12.1 Å². The average Bonchev–Trinajstić information content (AvgIpc) is 2.03. The van der Waals surface area contributed by atoms with E-state index in [0.717, 1.165) is 0 Å². The Morgan fingerprint density at radius 2 is 2.00 bits per heavy atom. The SMILES string of the molecule is N#[N+]c1ccc(I)cc1S(=O)(=O)O.[Br-]. The highest BCUT2D eigenvalue weighted by Crippen LogP contribution is 2.25. The van der Waals surface area contributed by atoms with E-state index in [0.29, 0.717) is 3.57 Å². The Bertz CT molecular complexity index is 482. The second-order valence-electron chi connectivity index (χ2n) is 2.19. The van der Waals surface area contributed by atoms with E-state index >= 15 is 0 Å². The maximum Gasteiger partial charge on any atom is 0.406 e. The van der Waals surface area contributed by atoms with Gasteiger partial charge in [0.25, 0.3) is 0 Å². The second kappa shape index (κ2) is 5.01. The summed E-state index contributed by atoms with van der Waals surface area (Å²) < 4.78 is 30.8. The van der Waals surface area contributed by atoms with Crippen LogP contribution in [0.4, 0.5) is 5.69 Å². The number of nitrogens with zero attached hydrogens (tertiary/aromatic N) is 2. The minimum absolute atomic E-state index is 0. The molecule has 0 heterocycles. The van der Waals surface area contributed by atoms with Crippen LogP contribution >= 0.6 is 22.6 Å². The zero-order chi connectivity index (χ0) is 10.1. The number of benzene rings is 1. The lowest BCUT2D eigenvalue weighted by molar-refractivity contribution is -0.00000691. The Hall–Kier alpha value is -0.240. The molecule has 0 bridgehead atoms. The minimum atomic E-state index is -4.33. The third-order valence-corrected chi connectivity index (χ3v) is 2.86. The standard InChI is InChI=1S/C6H3IN2O3S.BrH/c7-4-1-2-5(9-8)6(3-4)13(10,11)12;/h1-3H;1H. The number of rotatable bonds is 1. The van der Waals surface area contributed by atoms with Crippen LogP contribution in [0.1, 0.15) is 0 Å². The first kappa shape index (κ1) is 13.8. The molecule has 0 atom stereocenters. The van der Waals surface area contributed by atoms with Crippen molar-refractivity contribution in [2.75, 3.05) is 0 Å². The summed E-state index contributed by atoms with van der Waals surface area (Å²) in [5, 5.41) is 8.42. The minimum Gasteiger partial charge on any atom is -1.00 e. The Kier molecular flexibility index (Phi) is 4.93. The van der Waals surface area contributed by atoms with E-state index in [1.54, 1.807) is 6.07 Å². The molecule has 1 rings (SSSR count). The third-order valence-electron chi connectivity index (χ3n) is 1.31. The Balaban J connectivity index is 0.00000169. The molecule has 5 nitrogen and oxygen atoms in total. The predicted octanol–water partition coefficient (Wildman–Crippen LogP) is -0.974. The smallest absolute Gasteiger partial charge is 0.406 e. The van der Waals surface area contributed by atoms with Gasteiger partial charge < -0.3 is 17.0 Å². The zero-order valence-electron chi connectivity index (χ0n) is 6.55. The third kappa shape index (κ3) is 3.16. The lowest BCUT2D eigenvalue weighted by Crippen LogP contribution is -3.00. The monoisotopic (exact) mass is 390 g/mol. The van der Waals surface area contributed by atoms with Crippen molar-refractivity contribution >= 4 is 38.4 Å². The van der Waals surface area contributed by atoms with Gasteiger partial charge in [0, 0.05) is 9.64 Å². The van der Waals surface area contributed by atoms with Crippen LogP contribution in [0.3, 0.4) is 0 Å². The van der Waals surface area contributed by atoms with Crippen molar-refractivity contribution in [1.29, 1.82) is 5.39 Å². The highest BCUT2D eigenvalue weighted by atomic mass is 127. The van der Waals surface area contributed by atoms with Gasteiger partial charge in [0.05, 0.1) is 0 Å². The first-order valence-corrected chi connectivity index (χ1v) is 5.59. The van der Waals surface area contributed by atoms with Crippen molar-refractivity contribution in [3.8, 4) is 0 Å². The molecule has 1 N–H and O–H groups in total. The Labute approximate surface area is 105 Å². The molecule has 14 heavy (non-hydrogen) atoms. The van der Waals surface area contributed by atoms with Gasteiger partial charge in [0.1, 0.15) is 0 Å². The van der Waals surface area contributed by atoms with Crippen LogP contribution in [-0.4, -0.2) is 13.0 Å². The molecule has 0 saturated carbocycles. The number of halogens is 2.